The van der Waals surface area contributed by atoms with E-state index in [1.165, 1.54) is 12.1 Å². The predicted molar refractivity (Wildman–Crippen MR) is 55.2 cm³/mol. The van der Waals surface area contributed by atoms with Crippen LogP contribution in [-0.4, -0.2) is 23.6 Å². The lowest BCUT2D eigenvalue weighted by atomic mass is 10.1. The lowest BCUT2D eigenvalue weighted by Gasteiger charge is -2.10. The maximum Gasteiger partial charge on any atom is 0.416 e. The zero-order valence-electron chi connectivity index (χ0n) is 8.94. The van der Waals surface area contributed by atoms with Gasteiger partial charge in [0, 0.05) is 0 Å². The number of rotatable bonds is 2. The molecule has 1 aliphatic rings. The molecule has 1 atom stereocenters. The van der Waals surface area contributed by atoms with Crippen LogP contribution in [0.15, 0.2) is 29.3 Å². The first-order chi connectivity index (χ1) is 8.38. The Hall–Kier alpha value is -2.05. The highest BCUT2D eigenvalue weighted by Crippen LogP contribution is 2.32. The third-order valence-electron chi connectivity index (χ3n) is 2.43. The Labute approximate surface area is 99.7 Å². The Balaban J connectivity index is 2.28. The van der Waals surface area contributed by atoms with E-state index in [0.717, 1.165) is 12.1 Å². The minimum absolute atomic E-state index is 0.0665. The van der Waals surface area contributed by atoms with Crippen LogP contribution < -0.4 is 0 Å². The number of hydrogen-bond acceptors (Lipinski definition) is 3. The van der Waals surface area contributed by atoms with E-state index in [2.05, 4.69) is 4.99 Å². The summed E-state index contributed by atoms with van der Waals surface area (Å²) in [6, 6.07) is 3.89. The summed E-state index contributed by atoms with van der Waals surface area (Å²) in [6.45, 7) is -0.0665. The zero-order valence-corrected chi connectivity index (χ0v) is 8.94. The summed E-state index contributed by atoms with van der Waals surface area (Å²) in [4.78, 5) is 14.3. The molecule has 0 spiro atoms. The van der Waals surface area contributed by atoms with Crippen LogP contribution in [0, 0.1) is 0 Å². The van der Waals surface area contributed by atoms with Crippen molar-refractivity contribution in [3.63, 3.8) is 0 Å². The number of carbonyl (C=O) groups is 1. The molecule has 0 saturated carbocycles. The normalized spacial score (nSPS) is 19.3. The molecule has 18 heavy (non-hydrogen) atoms. The molecule has 1 aliphatic heterocycles. The molecule has 1 aromatic rings. The summed E-state index contributed by atoms with van der Waals surface area (Å²) in [5.41, 5.74) is -0.514. The molecule has 0 amide bonds. The van der Waals surface area contributed by atoms with Gasteiger partial charge in [-0.15, -0.1) is 0 Å². The molecular formula is C11H8F3NO3. The van der Waals surface area contributed by atoms with Gasteiger partial charge in [0.05, 0.1) is 5.56 Å². The number of halogens is 3. The van der Waals surface area contributed by atoms with Crippen molar-refractivity contribution in [1.82, 2.24) is 0 Å². The van der Waals surface area contributed by atoms with Gasteiger partial charge >= 0.3 is 12.1 Å². The molecule has 0 bridgehead atoms. The second-order valence-corrected chi connectivity index (χ2v) is 3.69. The van der Waals surface area contributed by atoms with Crippen molar-refractivity contribution < 1.29 is 27.8 Å². The quantitative estimate of drug-likeness (QED) is 0.886. The molecule has 1 aromatic carbocycles. The minimum atomic E-state index is -4.44. The predicted octanol–water partition coefficient (Wildman–Crippen LogP) is 2.26. The highest BCUT2D eigenvalue weighted by atomic mass is 19.4. The van der Waals surface area contributed by atoms with Crippen LogP contribution in [0.4, 0.5) is 13.2 Å². The zero-order chi connectivity index (χ0) is 13.3. The highest BCUT2D eigenvalue weighted by molar-refractivity contribution is 6.32. The van der Waals surface area contributed by atoms with Crippen LogP contribution in [-0.2, 0) is 15.7 Å². The SMILES string of the molecule is O=C(O)C1=NC(c2cccc(C(F)(F)F)c2)CO1. The van der Waals surface area contributed by atoms with E-state index in [1.54, 1.807) is 0 Å². The maximum atomic E-state index is 12.5. The fraction of sp³-hybridized carbons (Fsp3) is 0.273. The molecule has 0 fully saturated rings. The second-order valence-electron chi connectivity index (χ2n) is 3.69. The van der Waals surface area contributed by atoms with Crippen molar-refractivity contribution in [3.8, 4) is 0 Å². The smallest absolute Gasteiger partial charge is 0.416 e. The molecule has 7 heteroatoms. The number of alkyl halides is 3. The number of carboxylic acid groups (broad SMARTS) is 1. The average molecular weight is 259 g/mol. The molecule has 4 nitrogen and oxygen atoms in total. The van der Waals surface area contributed by atoms with E-state index >= 15 is 0 Å². The van der Waals surface area contributed by atoms with Crippen molar-refractivity contribution in [2.45, 2.75) is 12.2 Å². The molecule has 1 heterocycles. The van der Waals surface area contributed by atoms with Crippen LogP contribution in [0.5, 0.6) is 0 Å². The number of nitrogens with zero attached hydrogens (tertiary/aromatic N) is 1. The number of hydrogen-bond donors (Lipinski definition) is 1. The van der Waals surface area contributed by atoms with Crippen molar-refractivity contribution in [1.29, 1.82) is 0 Å². The van der Waals surface area contributed by atoms with E-state index in [4.69, 9.17) is 9.84 Å². The Bertz CT molecular complexity index is 511. The Morgan fingerprint density at radius 1 is 1.44 bits per heavy atom. The van der Waals surface area contributed by atoms with Gasteiger partial charge in [-0.25, -0.2) is 9.79 Å². The van der Waals surface area contributed by atoms with E-state index < -0.39 is 29.6 Å². The average Bonchev–Trinajstić information content (AvgIpc) is 2.77. The Morgan fingerprint density at radius 2 is 2.17 bits per heavy atom. The summed E-state index contributed by atoms with van der Waals surface area (Å²) in [5, 5.41) is 8.63. The molecule has 0 radical (unpaired) electrons. The van der Waals surface area contributed by atoms with Crippen molar-refractivity contribution in [2.75, 3.05) is 6.61 Å². The van der Waals surface area contributed by atoms with Gasteiger partial charge in [-0.05, 0) is 17.7 Å². The van der Waals surface area contributed by atoms with Gasteiger partial charge in [0.2, 0.25) is 0 Å². The van der Waals surface area contributed by atoms with Gasteiger partial charge in [-0.2, -0.15) is 13.2 Å². The Morgan fingerprint density at radius 3 is 2.72 bits per heavy atom. The van der Waals surface area contributed by atoms with Gasteiger partial charge in [-0.3, -0.25) is 0 Å². The highest BCUT2D eigenvalue weighted by Gasteiger charge is 2.32. The van der Waals surface area contributed by atoms with Crippen molar-refractivity contribution in [3.05, 3.63) is 35.4 Å². The largest absolute Gasteiger partial charge is 0.474 e. The first-order valence-corrected chi connectivity index (χ1v) is 4.99. The molecule has 0 aromatic heterocycles. The van der Waals surface area contributed by atoms with Crippen LogP contribution in [0.25, 0.3) is 0 Å². The molecule has 0 saturated heterocycles. The van der Waals surface area contributed by atoms with E-state index in [1.807, 2.05) is 0 Å². The van der Waals surface area contributed by atoms with E-state index in [-0.39, 0.29) is 12.2 Å². The third-order valence-corrected chi connectivity index (χ3v) is 2.43. The minimum Gasteiger partial charge on any atom is -0.474 e. The van der Waals surface area contributed by atoms with Gasteiger partial charge in [0.1, 0.15) is 12.6 Å². The number of benzene rings is 1. The fourth-order valence-corrected chi connectivity index (χ4v) is 1.58. The molecule has 2 rings (SSSR count). The van der Waals surface area contributed by atoms with Crippen LogP contribution in [0.1, 0.15) is 17.2 Å². The van der Waals surface area contributed by atoms with Gasteiger partial charge in [0.25, 0.3) is 5.90 Å². The Kier molecular flexibility index (Phi) is 2.98. The summed E-state index contributed by atoms with van der Waals surface area (Å²) < 4.78 is 42.3. The van der Waals surface area contributed by atoms with Gasteiger partial charge in [0.15, 0.2) is 0 Å². The molecule has 1 N–H and O–H groups in total. The van der Waals surface area contributed by atoms with Crippen LogP contribution >= 0.6 is 0 Å². The first kappa shape index (κ1) is 12.4. The van der Waals surface area contributed by atoms with Gasteiger partial charge in [-0.1, -0.05) is 12.1 Å². The monoisotopic (exact) mass is 259 g/mol. The third kappa shape index (κ3) is 2.44. The topological polar surface area (TPSA) is 58.9 Å². The molecule has 96 valence electrons. The fourth-order valence-electron chi connectivity index (χ4n) is 1.58. The van der Waals surface area contributed by atoms with Crippen LogP contribution in [0.3, 0.4) is 0 Å². The number of ether oxygens (including phenoxy) is 1. The molecule has 0 aliphatic carbocycles. The van der Waals surface area contributed by atoms with Crippen LogP contribution in [0.2, 0.25) is 0 Å². The lowest BCUT2D eigenvalue weighted by Crippen LogP contribution is -2.12. The molecular weight excluding hydrogens is 251 g/mol. The summed E-state index contributed by atoms with van der Waals surface area (Å²) >= 11 is 0. The number of aliphatic imine (C=N–C) groups is 1. The summed E-state index contributed by atoms with van der Waals surface area (Å²) in [6.07, 6.45) is -4.44. The summed E-state index contributed by atoms with van der Waals surface area (Å²) in [5.74, 6) is -1.80. The number of aliphatic carboxylic acids is 1. The first-order valence-electron chi connectivity index (χ1n) is 4.99. The number of carboxylic acids is 1. The second kappa shape index (κ2) is 4.32. The lowest BCUT2D eigenvalue weighted by molar-refractivity contribution is -0.137. The van der Waals surface area contributed by atoms with Gasteiger partial charge < -0.3 is 9.84 Å². The van der Waals surface area contributed by atoms with E-state index in [0.29, 0.717) is 0 Å². The maximum absolute atomic E-state index is 12.5. The standard InChI is InChI=1S/C11H8F3NO3/c12-11(13,14)7-3-1-2-6(4-7)8-5-18-9(15-8)10(16)17/h1-4,8H,5H2,(H,16,17). The summed E-state index contributed by atoms with van der Waals surface area (Å²) in [7, 11) is 0. The molecule has 1 unspecified atom stereocenters. The van der Waals surface area contributed by atoms with E-state index in [9.17, 15) is 18.0 Å². The van der Waals surface area contributed by atoms with Crippen molar-refractivity contribution in [2.24, 2.45) is 4.99 Å². The van der Waals surface area contributed by atoms with Crippen molar-refractivity contribution >= 4 is 11.9 Å².